The standard InChI is InChI=1S/C12H13NO2/c1-8(14)9-7-13(2)10-5-4-6-11(15-3)12(9)10/h4-7H,1-3H3. The Hall–Kier alpha value is -1.77. The largest absolute Gasteiger partial charge is 0.496 e. The monoisotopic (exact) mass is 203 g/mol. The molecule has 0 radical (unpaired) electrons. The number of ether oxygens (including phenoxy) is 1. The number of Topliss-reactive ketones (excluding diaryl/α,β-unsaturated/α-hetero) is 1. The van der Waals surface area contributed by atoms with Crippen molar-refractivity contribution >= 4 is 16.7 Å². The lowest BCUT2D eigenvalue weighted by molar-refractivity contribution is 0.101. The van der Waals surface area contributed by atoms with E-state index in [2.05, 4.69) is 0 Å². The highest BCUT2D eigenvalue weighted by Crippen LogP contribution is 2.30. The highest BCUT2D eigenvalue weighted by Gasteiger charge is 2.13. The van der Waals surface area contributed by atoms with Gasteiger partial charge in [-0.15, -0.1) is 0 Å². The number of methoxy groups -OCH3 is 1. The maximum atomic E-state index is 11.5. The van der Waals surface area contributed by atoms with E-state index >= 15 is 0 Å². The Morgan fingerprint density at radius 1 is 1.40 bits per heavy atom. The van der Waals surface area contributed by atoms with Gasteiger partial charge in [0.05, 0.1) is 18.0 Å². The molecule has 0 spiro atoms. The predicted molar refractivity (Wildman–Crippen MR) is 59.5 cm³/mol. The van der Waals surface area contributed by atoms with Crippen LogP contribution in [0.1, 0.15) is 17.3 Å². The quantitative estimate of drug-likeness (QED) is 0.702. The minimum atomic E-state index is 0.0603. The van der Waals surface area contributed by atoms with Crippen LogP contribution in [0.4, 0.5) is 0 Å². The van der Waals surface area contributed by atoms with Crippen molar-refractivity contribution in [2.75, 3.05) is 7.11 Å². The van der Waals surface area contributed by atoms with Gasteiger partial charge >= 0.3 is 0 Å². The zero-order valence-corrected chi connectivity index (χ0v) is 9.07. The number of nitrogens with zero attached hydrogens (tertiary/aromatic N) is 1. The third-order valence-corrected chi connectivity index (χ3v) is 2.58. The number of aromatic nitrogens is 1. The summed E-state index contributed by atoms with van der Waals surface area (Å²) < 4.78 is 7.21. The fraction of sp³-hybridized carbons (Fsp3) is 0.250. The molecule has 1 aromatic carbocycles. The van der Waals surface area contributed by atoms with E-state index in [-0.39, 0.29) is 5.78 Å². The van der Waals surface area contributed by atoms with Gasteiger partial charge in [-0.05, 0) is 19.1 Å². The highest BCUT2D eigenvalue weighted by molar-refractivity contribution is 6.09. The van der Waals surface area contributed by atoms with Crippen LogP contribution in [0.15, 0.2) is 24.4 Å². The van der Waals surface area contributed by atoms with E-state index in [1.165, 1.54) is 0 Å². The molecule has 0 saturated carbocycles. The van der Waals surface area contributed by atoms with Crippen molar-refractivity contribution in [2.45, 2.75) is 6.92 Å². The Kier molecular flexibility index (Phi) is 2.23. The molecule has 0 aliphatic carbocycles. The molecule has 0 saturated heterocycles. The molecule has 0 amide bonds. The summed E-state index contributed by atoms with van der Waals surface area (Å²) in [4.78, 5) is 11.5. The summed E-state index contributed by atoms with van der Waals surface area (Å²) in [5.41, 5.74) is 1.73. The summed E-state index contributed by atoms with van der Waals surface area (Å²) in [6.07, 6.45) is 1.84. The number of carbonyl (C=O) groups excluding carboxylic acids is 1. The third-order valence-electron chi connectivity index (χ3n) is 2.58. The number of fused-ring (bicyclic) bond motifs is 1. The van der Waals surface area contributed by atoms with Crippen LogP contribution in [0.25, 0.3) is 10.9 Å². The Morgan fingerprint density at radius 2 is 2.13 bits per heavy atom. The van der Waals surface area contributed by atoms with Crippen LogP contribution < -0.4 is 4.74 Å². The van der Waals surface area contributed by atoms with Gasteiger partial charge in [-0.25, -0.2) is 0 Å². The minimum Gasteiger partial charge on any atom is -0.496 e. The molecule has 2 rings (SSSR count). The number of hydrogen-bond acceptors (Lipinski definition) is 2. The van der Waals surface area contributed by atoms with Gasteiger partial charge in [-0.1, -0.05) is 6.07 Å². The lowest BCUT2D eigenvalue weighted by atomic mass is 10.1. The average Bonchev–Trinajstić information content (AvgIpc) is 2.56. The van der Waals surface area contributed by atoms with Crippen LogP contribution in [0, 0.1) is 0 Å². The van der Waals surface area contributed by atoms with Gasteiger partial charge in [0.2, 0.25) is 0 Å². The first-order chi connectivity index (χ1) is 7.15. The van der Waals surface area contributed by atoms with Crippen LogP contribution >= 0.6 is 0 Å². The minimum absolute atomic E-state index is 0.0603. The molecule has 0 aliphatic rings. The molecule has 78 valence electrons. The summed E-state index contributed by atoms with van der Waals surface area (Å²) in [6, 6.07) is 5.77. The van der Waals surface area contributed by atoms with Crippen LogP contribution in [0.3, 0.4) is 0 Å². The van der Waals surface area contributed by atoms with E-state index in [1.54, 1.807) is 14.0 Å². The van der Waals surface area contributed by atoms with Crippen LogP contribution in [0.2, 0.25) is 0 Å². The second kappa shape index (κ2) is 3.42. The maximum absolute atomic E-state index is 11.5. The number of aryl methyl sites for hydroxylation is 1. The molecule has 0 aliphatic heterocycles. The molecular weight excluding hydrogens is 190 g/mol. The average molecular weight is 203 g/mol. The first kappa shape index (κ1) is 9.77. The Morgan fingerprint density at radius 3 is 2.73 bits per heavy atom. The lowest BCUT2D eigenvalue weighted by Gasteiger charge is -2.03. The molecule has 0 fully saturated rings. The van der Waals surface area contributed by atoms with Gasteiger partial charge in [-0.2, -0.15) is 0 Å². The van der Waals surface area contributed by atoms with E-state index in [0.717, 1.165) is 16.7 Å². The highest BCUT2D eigenvalue weighted by atomic mass is 16.5. The Labute approximate surface area is 88.3 Å². The topological polar surface area (TPSA) is 31.2 Å². The summed E-state index contributed by atoms with van der Waals surface area (Å²) in [5.74, 6) is 0.809. The fourth-order valence-corrected chi connectivity index (χ4v) is 1.85. The zero-order valence-electron chi connectivity index (χ0n) is 9.07. The van der Waals surface area contributed by atoms with Gasteiger partial charge in [0.15, 0.2) is 5.78 Å². The van der Waals surface area contributed by atoms with Gasteiger partial charge in [0, 0.05) is 18.8 Å². The molecule has 3 nitrogen and oxygen atoms in total. The number of carbonyl (C=O) groups is 1. The molecule has 0 N–H and O–H groups in total. The Bertz CT molecular complexity index is 526. The van der Waals surface area contributed by atoms with Crippen molar-refractivity contribution in [3.05, 3.63) is 30.0 Å². The predicted octanol–water partition coefficient (Wildman–Crippen LogP) is 2.39. The normalized spacial score (nSPS) is 10.6. The number of benzene rings is 1. The van der Waals surface area contributed by atoms with E-state index in [9.17, 15) is 4.79 Å². The second-order valence-corrected chi connectivity index (χ2v) is 3.56. The van der Waals surface area contributed by atoms with Crippen molar-refractivity contribution in [2.24, 2.45) is 7.05 Å². The number of rotatable bonds is 2. The van der Waals surface area contributed by atoms with Crippen molar-refractivity contribution in [3.8, 4) is 5.75 Å². The van der Waals surface area contributed by atoms with E-state index in [4.69, 9.17) is 4.74 Å². The maximum Gasteiger partial charge on any atom is 0.162 e. The zero-order chi connectivity index (χ0) is 11.0. The van der Waals surface area contributed by atoms with Gasteiger partial charge in [-0.3, -0.25) is 4.79 Å². The summed E-state index contributed by atoms with van der Waals surface area (Å²) >= 11 is 0. The smallest absolute Gasteiger partial charge is 0.162 e. The molecule has 0 unspecified atom stereocenters. The molecule has 0 atom stereocenters. The van der Waals surface area contributed by atoms with E-state index in [1.807, 2.05) is 36.0 Å². The van der Waals surface area contributed by atoms with Gasteiger partial charge in [0.1, 0.15) is 5.75 Å². The first-order valence-corrected chi connectivity index (χ1v) is 4.78. The van der Waals surface area contributed by atoms with Gasteiger partial charge in [0.25, 0.3) is 0 Å². The fourth-order valence-electron chi connectivity index (χ4n) is 1.85. The number of hydrogen-bond donors (Lipinski definition) is 0. The van der Waals surface area contributed by atoms with Crippen LogP contribution in [-0.2, 0) is 7.05 Å². The van der Waals surface area contributed by atoms with Crippen molar-refractivity contribution in [3.63, 3.8) is 0 Å². The van der Waals surface area contributed by atoms with Crippen molar-refractivity contribution in [1.82, 2.24) is 4.57 Å². The molecule has 2 aromatic rings. The molecule has 3 heteroatoms. The SMILES string of the molecule is COc1cccc2c1c(C(C)=O)cn2C. The summed E-state index contributed by atoms with van der Waals surface area (Å²) in [6.45, 7) is 1.57. The lowest BCUT2D eigenvalue weighted by Crippen LogP contribution is -1.91. The molecular formula is C12H13NO2. The first-order valence-electron chi connectivity index (χ1n) is 4.78. The molecule has 15 heavy (non-hydrogen) atoms. The number of ketones is 1. The third kappa shape index (κ3) is 1.40. The van der Waals surface area contributed by atoms with E-state index in [0.29, 0.717) is 5.56 Å². The van der Waals surface area contributed by atoms with Crippen molar-refractivity contribution < 1.29 is 9.53 Å². The van der Waals surface area contributed by atoms with Crippen LogP contribution in [0.5, 0.6) is 5.75 Å². The van der Waals surface area contributed by atoms with Gasteiger partial charge < -0.3 is 9.30 Å². The molecule has 1 aromatic heterocycles. The summed E-state index contributed by atoms with van der Waals surface area (Å²) in [5, 5.41) is 0.898. The van der Waals surface area contributed by atoms with Crippen LogP contribution in [-0.4, -0.2) is 17.5 Å². The second-order valence-electron chi connectivity index (χ2n) is 3.56. The molecule has 0 bridgehead atoms. The molecule has 1 heterocycles. The Balaban J connectivity index is 2.88. The van der Waals surface area contributed by atoms with Crippen molar-refractivity contribution in [1.29, 1.82) is 0 Å². The summed E-state index contributed by atoms with van der Waals surface area (Å²) in [7, 11) is 3.54. The van der Waals surface area contributed by atoms with E-state index < -0.39 is 0 Å².